The fourth-order valence-electron chi connectivity index (χ4n) is 2.35. The second kappa shape index (κ2) is 5.69. The maximum absolute atomic E-state index is 11.3. The first-order chi connectivity index (χ1) is 10.7. The summed E-state index contributed by atoms with van der Waals surface area (Å²) < 4.78 is 1.91. The topological polar surface area (TPSA) is 99.4 Å². The van der Waals surface area contributed by atoms with Crippen LogP contribution in [0.3, 0.4) is 0 Å². The van der Waals surface area contributed by atoms with Crippen molar-refractivity contribution in [2.75, 3.05) is 6.54 Å². The molecule has 110 valence electrons. The number of fused-ring (bicyclic) bond motifs is 3. The largest absolute Gasteiger partial charge is 0.355 e. The Labute approximate surface area is 126 Å². The maximum atomic E-state index is 11.3. The van der Waals surface area contributed by atoms with E-state index in [2.05, 4.69) is 26.8 Å². The molecule has 2 N–H and O–H groups in total. The number of amides is 1. The van der Waals surface area contributed by atoms with Gasteiger partial charge in [0.05, 0.1) is 17.8 Å². The number of aromatic nitrogens is 4. The summed E-state index contributed by atoms with van der Waals surface area (Å²) >= 11 is 0. The molecule has 0 aliphatic rings. The summed E-state index contributed by atoms with van der Waals surface area (Å²) in [4.78, 5) is 23.0. The SMILES string of the molecule is C=C(CCNC(=O)CC#N)n1cnc2cnc3[nH]ccc3c21. The van der Waals surface area contributed by atoms with Gasteiger partial charge in [0.15, 0.2) is 0 Å². The minimum absolute atomic E-state index is 0.129. The van der Waals surface area contributed by atoms with Crippen molar-refractivity contribution < 1.29 is 4.79 Å². The Morgan fingerprint density at radius 2 is 2.36 bits per heavy atom. The lowest BCUT2D eigenvalue weighted by atomic mass is 10.2. The number of nitrogens with zero attached hydrogens (tertiary/aromatic N) is 4. The number of hydrogen-bond acceptors (Lipinski definition) is 4. The molecular formula is C15H14N6O. The third-order valence-electron chi connectivity index (χ3n) is 3.41. The van der Waals surface area contributed by atoms with Gasteiger partial charge in [0, 0.05) is 30.2 Å². The van der Waals surface area contributed by atoms with E-state index in [1.165, 1.54) is 0 Å². The molecule has 0 radical (unpaired) electrons. The smallest absolute Gasteiger partial charge is 0.234 e. The molecule has 0 unspecified atom stereocenters. The Bertz CT molecular complexity index is 898. The number of rotatable bonds is 5. The molecule has 0 saturated heterocycles. The van der Waals surface area contributed by atoms with Crippen LogP contribution in [0.25, 0.3) is 27.8 Å². The van der Waals surface area contributed by atoms with Crippen LogP contribution in [0, 0.1) is 11.3 Å². The summed E-state index contributed by atoms with van der Waals surface area (Å²) in [5.74, 6) is -0.275. The third kappa shape index (κ3) is 2.42. The van der Waals surface area contributed by atoms with Gasteiger partial charge in [-0.15, -0.1) is 0 Å². The summed E-state index contributed by atoms with van der Waals surface area (Å²) in [6, 6.07) is 3.76. The first-order valence-electron chi connectivity index (χ1n) is 6.81. The van der Waals surface area contributed by atoms with Gasteiger partial charge in [-0.05, 0) is 6.07 Å². The minimum atomic E-state index is -0.275. The van der Waals surface area contributed by atoms with Crippen molar-refractivity contribution in [1.29, 1.82) is 5.26 Å². The van der Waals surface area contributed by atoms with Crippen molar-refractivity contribution in [3.8, 4) is 6.07 Å². The van der Waals surface area contributed by atoms with Gasteiger partial charge in [0.2, 0.25) is 5.91 Å². The summed E-state index contributed by atoms with van der Waals surface area (Å²) in [5, 5.41) is 12.1. The lowest BCUT2D eigenvalue weighted by Crippen LogP contribution is -2.24. The van der Waals surface area contributed by atoms with Gasteiger partial charge < -0.3 is 14.9 Å². The van der Waals surface area contributed by atoms with Crippen molar-refractivity contribution in [3.05, 3.63) is 31.4 Å². The Hall–Kier alpha value is -3.14. The van der Waals surface area contributed by atoms with Crippen molar-refractivity contribution in [2.45, 2.75) is 12.8 Å². The lowest BCUT2D eigenvalue weighted by molar-refractivity contribution is -0.120. The van der Waals surface area contributed by atoms with Crippen molar-refractivity contribution in [3.63, 3.8) is 0 Å². The molecule has 0 aliphatic heterocycles. The van der Waals surface area contributed by atoms with Gasteiger partial charge in [-0.2, -0.15) is 5.26 Å². The van der Waals surface area contributed by atoms with Crippen molar-refractivity contribution in [2.24, 2.45) is 0 Å². The molecule has 0 spiro atoms. The number of aromatic amines is 1. The molecule has 0 bridgehead atoms. The zero-order chi connectivity index (χ0) is 15.5. The quantitative estimate of drug-likeness (QED) is 0.749. The molecule has 0 atom stereocenters. The number of nitrogens with one attached hydrogen (secondary N) is 2. The zero-order valence-electron chi connectivity index (χ0n) is 11.8. The highest BCUT2D eigenvalue weighted by Crippen LogP contribution is 2.24. The monoisotopic (exact) mass is 294 g/mol. The van der Waals surface area contributed by atoms with E-state index in [-0.39, 0.29) is 12.3 Å². The molecule has 0 aromatic carbocycles. The third-order valence-corrected chi connectivity index (χ3v) is 3.41. The molecule has 3 aromatic rings. The van der Waals surface area contributed by atoms with Gasteiger partial charge in [-0.25, -0.2) is 9.97 Å². The van der Waals surface area contributed by atoms with E-state index in [4.69, 9.17) is 5.26 Å². The van der Waals surface area contributed by atoms with Gasteiger partial charge in [-0.3, -0.25) is 4.79 Å². The highest BCUT2D eigenvalue weighted by atomic mass is 16.1. The van der Waals surface area contributed by atoms with Crippen LogP contribution in [-0.2, 0) is 4.79 Å². The number of H-pyrrole nitrogens is 1. The predicted molar refractivity (Wildman–Crippen MR) is 82.6 cm³/mol. The molecule has 3 heterocycles. The van der Waals surface area contributed by atoms with E-state index in [0.717, 1.165) is 27.8 Å². The normalized spacial score (nSPS) is 10.7. The van der Waals surface area contributed by atoms with Gasteiger partial charge in [0.1, 0.15) is 23.9 Å². The van der Waals surface area contributed by atoms with E-state index < -0.39 is 0 Å². The molecule has 22 heavy (non-hydrogen) atoms. The molecule has 0 aliphatic carbocycles. The number of hydrogen-bond donors (Lipinski definition) is 2. The number of imidazole rings is 1. The average Bonchev–Trinajstić information content (AvgIpc) is 3.13. The standard InChI is InChI=1S/C15H14N6O/c1-10(3-6-17-13(22)2-5-16)21-9-20-12-8-19-15-11(14(12)21)4-7-18-15/h4,7-9H,1-3,6H2,(H,17,22)(H,18,19). The first-order valence-corrected chi connectivity index (χ1v) is 6.81. The lowest BCUT2D eigenvalue weighted by Gasteiger charge is -2.09. The van der Waals surface area contributed by atoms with E-state index >= 15 is 0 Å². The minimum Gasteiger partial charge on any atom is -0.355 e. The molecular weight excluding hydrogens is 280 g/mol. The molecule has 1 amide bonds. The maximum Gasteiger partial charge on any atom is 0.234 e. The second-order valence-corrected chi connectivity index (χ2v) is 4.85. The summed E-state index contributed by atoms with van der Waals surface area (Å²) in [7, 11) is 0. The van der Waals surface area contributed by atoms with Crippen LogP contribution in [0.4, 0.5) is 0 Å². The van der Waals surface area contributed by atoms with Gasteiger partial charge in [-0.1, -0.05) is 6.58 Å². The number of nitriles is 1. The Balaban J connectivity index is 1.81. The molecule has 0 fully saturated rings. The van der Waals surface area contributed by atoms with E-state index in [0.29, 0.717) is 13.0 Å². The van der Waals surface area contributed by atoms with E-state index in [9.17, 15) is 4.79 Å². The van der Waals surface area contributed by atoms with E-state index in [1.54, 1.807) is 12.5 Å². The number of carbonyl (C=O) groups excluding carboxylic acids is 1. The Morgan fingerprint density at radius 3 is 3.18 bits per heavy atom. The summed E-state index contributed by atoms with van der Waals surface area (Å²) in [5.41, 5.74) is 3.35. The summed E-state index contributed by atoms with van der Waals surface area (Å²) in [6.45, 7) is 4.49. The summed E-state index contributed by atoms with van der Waals surface area (Å²) in [6.07, 6.45) is 5.69. The van der Waals surface area contributed by atoms with Crippen molar-refractivity contribution in [1.82, 2.24) is 24.8 Å². The Morgan fingerprint density at radius 1 is 1.50 bits per heavy atom. The van der Waals surface area contributed by atoms with Crippen LogP contribution in [0.15, 0.2) is 31.4 Å². The molecule has 7 heteroatoms. The van der Waals surface area contributed by atoms with Crippen molar-refractivity contribution >= 4 is 33.7 Å². The number of carbonyl (C=O) groups is 1. The van der Waals surface area contributed by atoms with Crippen LogP contribution in [0.2, 0.25) is 0 Å². The van der Waals surface area contributed by atoms with Gasteiger partial charge >= 0.3 is 0 Å². The molecule has 0 saturated carbocycles. The highest BCUT2D eigenvalue weighted by molar-refractivity contribution is 6.02. The fraction of sp³-hybridized carbons (Fsp3) is 0.200. The predicted octanol–water partition coefficient (Wildman–Crippen LogP) is 1.80. The Kier molecular flexibility index (Phi) is 3.58. The van der Waals surface area contributed by atoms with E-state index in [1.807, 2.05) is 22.9 Å². The van der Waals surface area contributed by atoms with Crippen LogP contribution < -0.4 is 5.32 Å². The average molecular weight is 294 g/mol. The molecule has 7 nitrogen and oxygen atoms in total. The number of pyridine rings is 1. The molecule has 3 aromatic heterocycles. The second-order valence-electron chi connectivity index (χ2n) is 4.85. The fourth-order valence-corrected chi connectivity index (χ4v) is 2.35. The van der Waals surface area contributed by atoms with Gasteiger partial charge in [0.25, 0.3) is 0 Å². The van der Waals surface area contributed by atoms with Crippen LogP contribution >= 0.6 is 0 Å². The van der Waals surface area contributed by atoms with Crippen LogP contribution in [0.5, 0.6) is 0 Å². The highest BCUT2D eigenvalue weighted by Gasteiger charge is 2.11. The molecule has 3 rings (SSSR count). The zero-order valence-corrected chi connectivity index (χ0v) is 11.8. The van der Waals surface area contributed by atoms with Crippen LogP contribution in [-0.4, -0.2) is 32.0 Å². The first kappa shape index (κ1) is 13.8. The van der Waals surface area contributed by atoms with Crippen LogP contribution in [0.1, 0.15) is 12.8 Å².